The summed E-state index contributed by atoms with van der Waals surface area (Å²) in [5.41, 5.74) is 6.56. The van der Waals surface area contributed by atoms with Crippen molar-refractivity contribution < 1.29 is 4.39 Å². The van der Waals surface area contributed by atoms with Crippen LogP contribution in [0.3, 0.4) is 0 Å². The normalized spacial score (nSPS) is 21.1. The lowest BCUT2D eigenvalue weighted by atomic mass is 10.1. The monoisotopic (exact) mass is 295 g/mol. The van der Waals surface area contributed by atoms with E-state index in [1.807, 2.05) is 12.1 Å². The highest BCUT2D eigenvalue weighted by Gasteiger charge is 2.23. The fourth-order valence-corrected chi connectivity index (χ4v) is 2.97. The first kappa shape index (κ1) is 15.4. The van der Waals surface area contributed by atoms with Gasteiger partial charge in [0.25, 0.3) is 0 Å². The molecule has 2 rings (SSSR count). The van der Waals surface area contributed by atoms with Crippen molar-refractivity contribution in [3.8, 4) is 0 Å². The third-order valence-corrected chi connectivity index (χ3v) is 4.21. The molecule has 5 heteroatoms. The highest BCUT2D eigenvalue weighted by atomic mass is 32.1. The second-order valence-electron chi connectivity index (χ2n) is 5.36. The standard InChI is InChI=1S/C15H22FN3S/c1-3-19-8-7-18(9-11(19)2)10-12-5-4-6-13(14(12)16)15(17)20/h4-6,11H,3,7-10H2,1-2H3,(H2,17,20). The molecular weight excluding hydrogens is 273 g/mol. The third kappa shape index (κ3) is 3.34. The lowest BCUT2D eigenvalue weighted by Crippen LogP contribution is -2.51. The highest BCUT2D eigenvalue weighted by Crippen LogP contribution is 2.17. The number of rotatable bonds is 4. The minimum absolute atomic E-state index is 0.119. The van der Waals surface area contributed by atoms with E-state index in [-0.39, 0.29) is 10.8 Å². The number of hydrogen-bond acceptors (Lipinski definition) is 3. The maximum atomic E-state index is 14.3. The van der Waals surface area contributed by atoms with E-state index in [1.165, 1.54) is 0 Å². The molecule has 0 radical (unpaired) electrons. The Morgan fingerprint density at radius 2 is 2.20 bits per heavy atom. The molecule has 2 N–H and O–H groups in total. The van der Waals surface area contributed by atoms with Gasteiger partial charge >= 0.3 is 0 Å². The predicted molar refractivity (Wildman–Crippen MR) is 84.3 cm³/mol. The average molecular weight is 295 g/mol. The molecule has 1 aliphatic heterocycles. The number of thiocarbonyl (C=S) groups is 1. The Labute approximate surface area is 125 Å². The highest BCUT2D eigenvalue weighted by molar-refractivity contribution is 7.80. The van der Waals surface area contributed by atoms with Crippen molar-refractivity contribution in [2.24, 2.45) is 5.73 Å². The van der Waals surface area contributed by atoms with Crippen LogP contribution in [0.4, 0.5) is 4.39 Å². The lowest BCUT2D eigenvalue weighted by molar-refractivity contribution is 0.0827. The second kappa shape index (κ2) is 6.61. The summed E-state index contributed by atoms with van der Waals surface area (Å²) in [6.45, 7) is 9.05. The van der Waals surface area contributed by atoms with E-state index in [4.69, 9.17) is 18.0 Å². The molecule has 3 nitrogen and oxygen atoms in total. The van der Waals surface area contributed by atoms with Crippen LogP contribution in [0.5, 0.6) is 0 Å². The van der Waals surface area contributed by atoms with Crippen LogP contribution in [-0.4, -0.2) is 47.0 Å². The Kier molecular flexibility index (Phi) is 5.07. The van der Waals surface area contributed by atoms with Crippen molar-refractivity contribution in [1.29, 1.82) is 0 Å². The van der Waals surface area contributed by atoms with Gasteiger partial charge in [0.05, 0.1) is 0 Å². The van der Waals surface area contributed by atoms with Crippen molar-refractivity contribution in [3.05, 3.63) is 35.1 Å². The van der Waals surface area contributed by atoms with Gasteiger partial charge in [0, 0.05) is 43.3 Å². The van der Waals surface area contributed by atoms with Crippen LogP contribution < -0.4 is 5.73 Å². The molecule has 1 saturated heterocycles. The van der Waals surface area contributed by atoms with E-state index in [2.05, 4.69) is 23.6 Å². The SMILES string of the molecule is CCN1CCN(Cc2cccc(C(N)=S)c2F)CC1C. The van der Waals surface area contributed by atoms with Crippen LogP contribution in [0.15, 0.2) is 18.2 Å². The molecule has 0 aliphatic carbocycles. The van der Waals surface area contributed by atoms with E-state index in [9.17, 15) is 4.39 Å². The van der Waals surface area contributed by atoms with E-state index in [0.717, 1.165) is 26.2 Å². The van der Waals surface area contributed by atoms with Crippen LogP contribution in [0.25, 0.3) is 0 Å². The van der Waals surface area contributed by atoms with Crippen molar-refractivity contribution in [3.63, 3.8) is 0 Å². The minimum Gasteiger partial charge on any atom is -0.389 e. The van der Waals surface area contributed by atoms with Crippen LogP contribution in [0, 0.1) is 5.82 Å². The molecule has 0 aromatic heterocycles. The van der Waals surface area contributed by atoms with Crippen molar-refractivity contribution >= 4 is 17.2 Å². The van der Waals surface area contributed by atoms with Gasteiger partial charge in [-0.05, 0) is 19.5 Å². The largest absolute Gasteiger partial charge is 0.389 e. The summed E-state index contributed by atoms with van der Waals surface area (Å²) < 4.78 is 14.3. The molecule has 1 aromatic rings. The average Bonchev–Trinajstić information content (AvgIpc) is 2.41. The van der Waals surface area contributed by atoms with E-state index < -0.39 is 0 Å². The third-order valence-electron chi connectivity index (χ3n) is 3.99. The summed E-state index contributed by atoms with van der Waals surface area (Å²) in [5.74, 6) is -0.273. The maximum absolute atomic E-state index is 14.3. The van der Waals surface area contributed by atoms with E-state index in [1.54, 1.807) is 6.07 Å². The fraction of sp³-hybridized carbons (Fsp3) is 0.533. The van der Waals surface area contributed by atoms with Crippen LogP contribution in [0.2, 0.25) is 0 Å². The molecule has 1 fully saturated rings. The number of halogens is 1. The van der Waals surface area contributed by atoms with Gasteiger partial charge in [0.15, 0.2) is 0 Å². The first-order valence-corrected chi connectivity index (χ1v) is 7.47. The second-order valence-corrected chi connectivity index (χ2v) is 5.80. The summed E-state index contributed by atoms with van der Waals surface area (Å²) in [4.78, 5) is 4.85. The van der Waals surface area contributed by atoms with Crippen molar-refractivity contribution in [2.75, 3.05) is 26.2 Å². The molecule has 20 heavy (non-hydrogen) atoms. The Morgan fingerprint density at radius 3 is 2.80 bits per heavy atom. The zero-order chi connectivity index (χ0) is 14.7. The number of likely N-dealkylation sites (N-methyl/N-ethyl adjacent to an activating group) is 1. The van der Waals surface area contributed by atoms with Gasteiger partial charge in [0.1, 0.15) is 10.8 Å². The molecule has 1 atom stereocenters. The molecule has 110 valence electrons. The maximum Gasteiger partial charge on any atom is 0.137 e. The molecule has 1 heterocycles. The summed E-state index contributed by atoms with van der Waals surface area (Å²) in [6.07, 6.45) is 0. The Hall–Kier alpha value is -1.04. The molecule has 1 aliphatic rings. The zero-order valence-electron chi connectivity index (χ0n) is 12.1. The fourth-order valence-electron chi connectivity index (χ4n) is 2.82. The van der Waals surface area contributed by atoms with Gasteiger partial charge in [-0.3, -0.25) is 9.80 Å². The molecule has 1 unspecified atom stereocenters. The summed E-state index contributed by atoms with van der Waals surface area (Å²) in [5, 5.41) is 0. The van der Waals surface area contributed by atoms with Crippen LogP contribution in [0.1, 0.15) is 25.0 Å². The number of nitrogens with zero attached hydrogens (tertiary/aromatic N) is 2. The molecule has 0 spiro atoms. The van der Waals surface area contributed by atoms with Gasteiger partial charge in [-0.15, -0.1) is 0 Å². The number of hydrogen-bond donors (Lipinski definition) is 1. The molecule has 1 aromatic carbocycles. The van der Waals surface area contributed by atoms with Gasteiger partial charge < -0.3 is 5.73 Å². The van der Waals surface area contributed by atoms with E-state index >= 15 is 0 Å². The number of piperazine rings is 1. The molecule has 0 amide bonds. The number of benzene rings is 1. The predicted octanol–water partition coefficient (Wildman–Crippen LogP) is 1.99. The van der Waals surface area contributed by atoms with Crippen LogP contribution >= 0.6 is 12.2 Å². The Balaban J connectivity index is 2.08. The Bertz CT molecular complexity index is 492. The van der Waals surface area contributed by atoms with Gasteiger partial charge in [-0.2, -0.15) is 0 Å². The summed E-state index contributed by atoms with van der Waals surface area (Å²) >= 11 is 4.88. The van der Waals surface area contributed by atoms with E-state index in [0.29, 0.717) is 23.7 Å². The van der Waals surface area contributed by atoms with Gasteiger partial charge in [0.2, 0.25) is 0 Å². The molecule has 0 bridgehead atoms. The Morgan fingerprint density at radius 1 is 1.45 bits per heavy atom. The minimum atomic E-state index is -0.273. The smallest absolute Gasteiger partial charge is 0.137 e. The molecular formula is C15H22FN3S. The quantitative estimate of drug-likeness (QED) is 0.861. The molecule has 0 saturated carbocycles. The summed E-state index contributed by atoms with van der Waals surface area (Å²) in [7, 11) is 0. The van der Waals surface area contributed by atoms with Gasteiger partial charge in [-0.25, -0.2) is 4.39 Å². The zero-order valence-corrected chi connectivity index (χ0v) is 12.9. The lowest BCUT2D eigenvalue weighted by Gasteiger charge is -2.39. The first-order chi connectivity index (χ1) is 9.52. The van der Waals surface area contributed by atoms with Crippen molar-refractivity contribution in [1.82, 2.24) is 9.80 Å². The summed E-state index contributed by atoms with van der Waals surface area (Å²) in [6, 6.07) is 5.78. The topological polar surface area (TPSA) is 32.5 Å². The van der Waals surface area contributed by atoms with Crippen LogP contribution in [-0.2, 0) is 6.54 Å². The van der Waals surface area contributed by atoms with Crippen molar-refractivity contribution in [2.45, 2.75) is 26.4 Å². The first-order valence-electron chi connectivity index (χ1n) is 7.06. The number of nitrogens with two attached hydrogens (primary N) is 1. The van der Waals surface area contributed by atoms with Gasteiger partial charge in [-0.1, -0.05) is 31.3 Å².